The van der Waals surface area contributed by atoms with E-state index < -0.39 is 0 Å². The molecular weight excluding hydrogens is 392 g/mol. The molecule has 3 rings (SSSR count). The first kappa shape index (κ1) is 18.7. The van der Waals surface area contributed by atoms with E-state index in [0.29, 0.717) is 6.54 Å². The summed E-state index contributed by atoms with van der Waals surface area (Å²) in [7, 11) is 2.15. The summed E-state index contributed by atoms with van der Waals surface area (Å²) in [4.78, 5) is 16.7. The van der Waals surface area contributed by atoms with Gasteiger partial charge >= 0.3 is 6.03 Å². The lowest BCUT2D eigenvalue weighted by atomic mass is 10.1. The van der Waals surface area contributed by atoms with Crippen LogP contribution in [0, 0.1) is 0 Å². The minimum absolute atomic E-state index is 0.172. The van der Waals surface area contributed by atoms with Crippen molar-refractivity contribution in [2.24, 2.45) is 0 Å². The van der Waals surface area contributed by atoms with E-state index in [9.17, 15) is 4.79 Å². The third-order valence-electron chi connectivity index (χ3n) is 4.61. The van der Waals surface area contributed by atoms with Crippen LogP contribution in [0.4, 0.5) is 16.2 Å². The number of rotatable bonds is 5. The number of nitrogens with one attached hydrogen (secondary N) is 2. The molecule has 5 nitrogen and oxygen atoms in total. The van der Waals surface area contributed by atoms with Gasteiger partial charge in [0, 0.05) is 48.6 Å². The Morgan fingerprint density at radius 3 is 2.31 bits per heavy atom. The Balaban J connectivity index is 1.43. The fourth-order valence-corrected chi connectivity index (χ4v) is 3.23. The van der Waals surface area contributed by atoms with Gasteiger partial charge in [0.2, 0.25) is 0 Å². The molecule has 1 aliphatic rings. The van der Waals surface area contributed by atoms with Crippen LogP contribution in [0.2, 0.25) is 0 Å². The molecule has 2 N–H and O–H groups in total. The number of piperazine rings is 1. The number of hydrogen-bond acceptors (Lipinski definition) is 3. The normalized spacial score (nSPS) is 14.9. The number of amides is 2. The molecule has 0 aromatic heterocycles. The predicted octanol–water partition coefficient (Wildman–Crippen LogP) is 3.57. The van der Waals surface area contributed by atoms with E-state index in [-0.39, 0.29) is 6.03 Å². The molecule has 0 saturated carbocycles. The molecule has 1 saturated heterocycles. The average molecular weight is 417 g/mol. The largest absolute Gasteiger partial charge is 0.369 e. The molecule has 0 unspecified atom stereocenters. The van der Waals surface area contributed by atoms with Gasteiger partial charge in [-0.25, -0.2) is 4.79 Å². The lowest BCUT2D eigenvalue weighted by Gasteiger charge is -2.34. The van der Waals surface area contributed by atoms with Crippen LogP contribution in [-0.2, 0) is 6.42 Å². The predicted molar refractivity (Wildman–Crippen MR) is 111 cm³/mol. The van der Waals surface area contributed by atoms with Crippen molar-refractivity contribution < 1.29 is 4.79 Å². The van der Waals surface area contributed by atoms with Gasteiger partial charge in [-0.3, -0.25) is 0 Å². The van der Waals surface area contributed by atoms with E-state index >= 15 is 0 Å². The minimum Gasteiger partial charge on any atom is -0.369 e. The Kier molecular flexibility index (Phi) is 6.52. The second kappa shape index (κ2) is 9.05. The molecule has 1 heterocycles. The molecule has 2 aromatic carbocycles. The number of halogens is 1. The van der Waals surface area contributed by atoms with Gasteiger partial charge in [-0.1, -0.05) is 28.1 Å². The third kappa shape index (κ3) is 5.47. The number of nitrogens with zero attached hydrogens (tertiary/aromatic N) is 2. The molecule has 0 spiro atoms. The Hall–Kier alpha value is -2.05. The van der Waals surface area contributed by atoms with Gasteiger partial charge in [-0.2, -0.15) is 0 Å². The zero-order valence-corrected chi connectivity index (χ0v) is 16.6. The van der Waals surface area contributed by atoms with E-state index in [4.69, 9.17) is 0 Å². The van der Waals surface area contributed by atoms with Crippen molar-refractivity contribution in [3.8, 4) is 0 Å². The van der Waals surface area contributed by atoms with Gasteiger partial charge in [-0.15, -0.1) is 0 Å². The van der Waals surface area contributed by atoms with Gasteiger partial charge in [0.25, 0.3) is 0 Å². The van der Waals surface area contributed by atoms with Gasteiger partial charge < -0.3 is 20.4 Å². The molecule has 1 aliphatic heterocycles. The Labute approximate surface area is 163 Å². The van der Waals surface area contributed by atoms with Crippen LogP contribution in [0.15, 0.2) is 53.0 Å². The Bertz CT molecular complexity index is 710. The summed E-state index contributed by atoms with van der Waals surface area (Å²) in [5, 5.41) is 5.79. The molecule has 2 amide bonds. The first-order chi connectivity index (χ1) is 12.6. The molecule has 138 valence electrons. The maximum absolute atomic E-state index is 12.0. The maximum Gasteiger partial charge on any atom is 0.319 e. The molecule has 2 aromatic rings. The highest BCUT2D eigenvalue weighted by atomic mass is 79.9. The van der Waals surface area contributed by atoms with Crippen molar-refractivity contribution in [3.05, 3.63) is 58.6 Å². The quantitative estimate of drug-likeness (QED) is 0.782. The standard InChI is InChI=1S/C20H25BrN4O/c1-24-12-14-25(15-13-24)19-8-6-18(7-9-19)23-20(26)22-11-10-16-2-4-17(21)5-3-16/h2-9H,10-15H2,1H3,(H2,22,23,26). The SMILES string of the molecule is CN1CCN(c2ccc(NC(=O)NCCc3ccc(Br)cc3)cc2)CC1. The number of urea groups is 1. The summed E-state index contributed by atoms with van der Waals surface area (Å²) in [5.41, 5.74) is 3.22. The summed E-state index contributed by atoms with van der Waals surface area (Å²) >= 11 is 3.42. The molecule has 0 bridgehead atoms. The van der Waals surface area contributed by atoms with Crippen molar-refractivity contribution in [1.29, 1.82) is 0 Å². The number of likely N-dealkylation sites (N-methyl/N-ethyl adjacent to an activating group) is 1. The zero-order valence-electron chi connectivity index (χ0n) is 15.0. The Morgan fingerprint density at radius 1 is 1.00 bits per heavy atom. The first-order valence-corrected chi connectivity index (χ1v) is 9.72. The number of hydrogen-bond donors (Lipinski definition) is 2. The van der Waals surface area contributed by atoms with E-state index in [1.807, 2.05) is 24.3 Å². The monoisotopic (exact) mass is 416 g/mol. The molecule has 0 radical (unpaired) electrons. The Morgan fingerprint density at radius 2 is 1.65 bits per heavy atom. The van der Waals surface area contributed by atoms with E-state index in [0.717, 1.165) is 42.8 Å². The molecule has 26 heavy (non-hydrogen) atoms. The van der Waals surface area contributed by atoms with Crippen molar-refractivity contribution in [1.82, 2.24) is 10.2 Å². The summed E-state index contributed by atoms with van der Waals surface area (Å²) in [6, 6.07) is 16.0. The van der Waals surface area contributed by atoms with Crippen molar-refractivity contribution in [2.75, 3.05) is 50.0 Å². The highest BCUT2D eigenvalue weighted by Gasteiger charge is 2.14. The zero-order chi connectivity index (χ0) is 18.4. The number of carbonyl (C=O) groups excluding carboxylic acids is 1. The molecule has 1 fully saturated rings. The highest BCUT2D eigenvalue weighted by Crippen LogP contribution is 2.19. The van der Waals surface area contributed by atoms with Crippen LogP contribution in [0.3, 0.4) is 0 Å². The lowest BCUT2D eigenvalue weighted by Crippen LogP contribution is -2.44. The summed E-state index contributed by atoms with van der Waals surface area (Å²) in [6.07, 6.45) is 0.809. The fourth-order valence-electron chi connectivity index (χ4n) is 2.97. The second-order valence-electron chi connectivity index (χ2n) is 6.59. The summed E-state index contributed by atoms with van der Waals surface area (Å²) < 4.78 is 1.06. The third-order valence-corrected chi connectivity index (χ3v) is 5.13. The second-order valence-corrected chi connectivity index (χ2v) is 7.51. The summed E-state index contributed by atoms with van der Waals surface area (Å²) in [6.45, 7) is 4.86. The fraction of sp³-hybridized carbons (Fsp3) is 0.350. The van der Waals surface area contributed by atoms with Crippen molar-refractivity contribution in [2.45, 2.75) is 6.42 Å². The van der Waals surface area contributed by atoms with Gasteiger partial charge in [0.05, 0.1) is 0 Å². The maximum atomic E-state index is 12.0. The molecular formula is C20H25BrN4O. The first-order valence-electron chi connectivity index (χ1n) is 8.93. The molecule has 0 aliphatic carbocycles. The topological polar surface area (TPSA) is 47.6 Å². The van der Waals surface area contributed by atoms with Crippen LogP contribution in [-0.4, -0.2) is 50.7 Å². The molecule has 6 heteroatoms. The average Bonchev–Trinajstić information content (AvgIpc) is 2.65. The van der Waals surface area contributed by atoms with Crippen LogP contribution in [0.5, 0.6) is 0 Å². The molecule has 0 atom stereocenters. The van der Waals surface area contributed by atoms with Crippen molar-refractivity contribution in [3.63, 3.8) is 0 Å². The van der Waals surface area contributed by atoms with Crippen LogP contribution in [0.25, 0.3) is 0 Å². The van der Waals surface area contributed by atoms with Gasteiger partial charge in [0.15, 0.2) is 0 Å². The van der Waals surface area contributed by atoms with E-state index in [1.165, 1.54) is 11.3 Å². The summed E-state index contributed by atoms with van der Waals surface area (Å²) in [5.74, 6) is 0. The minimum atomic E-state index is -0.172. The van der Waals surface area contributed by atoms with Gasteiger partial charge in [-0.05, 0) is 55.4 Å². The van der Waals surface area contributed by atoms with Crippen LogP contribution < -0.4 is 15.5 Å². The number of carbonyl (C=O) groups is 1. The van der Waals surface area contributed by atoms with Crippen LogP contribution >= 0.6 is 15.9 Å². The smallest absolute Gasteiger partial charge is 0.319 e. The highest BCUT2D eigenvalue weighted by molar-refractivity contribution is 9.10. The number of benzene rings is 2. The van der Waals surface area contributed by atoms with Crippen molar-refractivity contribution >= 4 is 33.3 Å². The van der Waals surface area contributed by atoms with E-state index in [2.05, 4.69) is 67.7 Å². The number of anilines is 2. The van der Waals surface area contributed by atoms with Gasteiger partial charge in [0.1, 0.15) is 0 Å². The van der Waals surface area contributed by atoms with E-state index in [1.54, 1.807) is 0 Å². The lowest BCUT2D eigenvalue weighted by molar-refractivity contribution is 0.252. The van der Waals surface area contributed by atoms with Crippen LogP contribution in [0.1, 0.15) is 5.56 Å².